The Morgan fingerprint density at radius 1 is 1.06 bits per heavy atom. The second kappa shape index (κ2) is 4.84. The number of thioether (sulfide) groups is 1. The zero-order valence-electron chi connectivity index (χ0n) is 9.56. The molecule has 0 saturated carbocycles. The van der Waals surface area contributed by atoms with Crippen molar-refractivity contribution in [3.8, 4) is 5.75 Å². The number of fused-ring (bicyclic) bond motifs is 1. The van der Waals surface area contributed by atoms with Crippen molar-refractivity contribution in [3.63, 3.8) is 0 Å². The summed E-state index contributed by atoms with van der Waals surface area (Å²) in [6, 6.07) is 17.1. The average molecular weight is 242 g/mol. The van der Waals surface area contributed by atoms with Gasteiger partial charge in [0.25, 0.3) is 0 Å². The Hall–Kier alpha value is -1.41. The number of hydrogen-bond acceptors (Lipinski definition) is 2. The lowest BCUT2D eigenvalue weighted by molar-refractivity contribution is 0.357. The molecule has 2 aromatic carbocycles. The van der Waals surface area contributed by atoms with Gasteiger partial charge in [0.05, 0.1) is 6.61 Å². The molecule has 0 atom stereocenters. The normalized spacial score (nSPS) is 13.2. The number of ether oxygens (including phenoxy) is 1. The summed E-state index contributed by atoms with van der Waals surface area (Å²) in [5.74, 6) is 2.09. The number of benzene rings is 2. The molecule has 0 saturated heterocycles. The first-order valence-corrected chi connectivity index (χ1v) is 6.83. The van der Waals surface area contributed by atoms with Gasteiger partial charge in [0, 0.05) is 17.1 Å². The fourth-order valence-corrected chi connectivity index (χ4v) is 2.91. The van der Waals surface area contributed by atoms with Crippen molar-refractivity contribution in [2.45, 2.75) is 17.1 Å². The summed E-state index contributed by atoms with van der Waals surface area (Å²) < 4.78 is 5.51. The van der Waals surface area contributed by atoms with Gasteiger partial charge in [-0.25, -0.2) is 0 Å². The van der Waals surface area contributed by atoms with Crippen molar-refractivity contribution >= 4 is 11.8 Å². The van der Waals surface area contributed by atoms with Crippen molar-refractivity contribution in [3.05, 3.63) is 59.7 Å². The minimum atomic E-state index is 0.835. The molecule has 0 amide bonds. The summed E-state index contributed by atoms with van der Waals surface area (Å²) in [6.45, 7) is 0.835. The van der Waals surface area contributed by atoms with Crippen LogP contribution in [0.15, 0.2) is 53.4 Å². The molecule has 0 spiro atoms. The molecular formula is C15H14OS. The standard InChI is InChI=1S/C15H14OS/c1-2-4-12(5-3-1)11-17-14-6-7-15-13(10-14)8-9-16-15/h1-7,10H,8-9,11H2. The van der Waals surface area contributed by atoms with Gasteiger partial charge in [0.1, 0.15) is 5.75 Å². The maximum absolute atomic E-state index is 5.51. The lowest BCUT2D eigenvalue weighted by Crippen LogP contribution is -1.85. The third kappa shape index (κ3) is 2.47. The van der Waals surface area contributed by atoms with Crippen molar-refractivity contribution in [2.75, 3.05) is 6.61 Å². The minimum Gasteiger partial charge on any atom is -0.493 e. The summed E-state index contributed by atoms with van der Waals surface area (Å²) in [7, 11) is 0. The van der Waals surface area contributed by atoms with E-state index in [4.69, 9.17) is 4.74 Å². The SMILES string of the molecule is c1ccc(CSc2ccc3c(c2)CCO3)cc1. The van der Waals surface area contributed by atoms with Crippen LogP contribution in [-0.2, 0) is 12.2 Å². The van der Waals surface area contributed by atoms with Gasteiger partial charge in [0.2, 0.25) is 0 Å². The van der Waals surface area contributed by atoms with Crippen LogP contribution in [0, 0.1) is 0 Å². The van der Waals surface area contributed by atoms with Crippen LogP contribution < -0.4 is 4.74 Å². The van der Waals surface area contributed by atoms with Crippen LogP contribution in [0.25, 0.3) is 0 Å². The predicted molar refractivity (Wildman–Crippen MR) is 71.6 cm³/mol. The quantitative estimate of drug-likeness (QED) is 0.755. The Balaban J connectivity index is 1.70. The topological polar surface area (TPSA) is 9.23 Å². The van der Waals surface area contributed by atoms with E-state index >= 15 is 0 Å². The van der Waals surface area contributed by atoms with Crippen molar-refractivity contribution in [2.24, 2.45) is 0 Å². The lowest BCUT2D eigenvalue weighted by Gasteiger charge is -2.04. The second-order valence-electron chi connectivity index (χ2n) is 4.14. The van der Waals surface area contributed by atoms with E-state index in [1.54, 1.807) is 0 Å². The van der Waals surface area contributed by atoms with Gasteiger partial charge < -0.3 is 4.74 Å². The van der Waals surface area contributed by atoms with Gasteiger partial charge in [-0.05, 0) is 29.3 Å². The van der Waals surface area contributed by atoms with Crippen LogP contribution in [0.2, 0.25) is 0 Å². The van der Waals surface area contributed by atoms with Crippen LogP contribution in [-0.4, -0.2) is 6.61 Å². The maximum atomic E-state index is 5.51. The van der Waals surface area contributed by atoms with E-state index in [1.807, 2.05) is 11.8 Å². The third-order valence-electron chi connectivity index (χ3n) is 2.91. The van der Waals surface area contributed by atoms with E-state index in [0.717, 1.165) is 24.5 Å². The molecule has 86 valence electrons. The molecule has 0 aliphatic carbocycles. The Morgan fingerprint density at radius 3 is 2.82 bits per heavy atom. The monoisotopic (exact) mass is 242 g/mol. The zero-order valence-corrected chi connectivity index (χ0v) is 10.4. The fourth-order valence-electron chi connectivity index (χ4n) is 1.99. The Morgan fingerprint density at radius 2 is 1.94 bits per heavy atom. The molecule has 0 bridgehead atoms. The first-order chi connectivity index (χ1) is 8.42. The number of rotatable bonds is 3. The molecule has 1 aliphatic rings. The van der Waals surface area contributed by atoms with Gasteiger partial charge in [0.15, 0.2) is 0 Å². The molecule has 1 nitrogen and oxygen atoms in total. The highest BCUT2D eigenvalue weighted by molar-refractivity contribution is 7.98. The number of hydrogen-bond donors (Lipinski definition) is 0. The molecule has 0 N–H and O–H groups in total. The highest BCUT2D eigenvalue weighted by Gasteiger charge is 2.11. The van der Waals surface area contributed by atoms with E-state index in [0.29, 0.717) is 0 Å². The Labute approximate surface area is 106 Å². The van der Waals surface area contributed by atoms with Gasteiger partial charge in [-0.3, -0.25) is 0 Å². The molecule has 2 aromatic rings. The van der Waals surface area contributed by atoms with E-state index in [2.05, 4.69) is 48.5 Å². The molecule has 17 heavy (non-hydrogen) atoms. The smallest absolute Gasteiger partial charge is 0.122 e. The summed E-state index contributed by atoms with van der Waals surface area (Å²) >= 11 is 1.88. The van der Waals surface area contributed by atoms with Gasteiger partial charge in [-0.1, -0.05) is 30.3 Å². The molecule has 1 aliphatic heterocycles. The van der Waals surface area contributed by atoms with Crippen LogP contribution >= 0.6 is 11.8 Å². The summed E-state index contributed by atoms with van der Waals surface area (Å²) in [5, 5.41) is 0. The van der Waals surface area contributed by atoms with Gasteiger partial charge in [-0.2, -0.15) is 0 Å². The molecule has 0 radical (unpaired) electrons. The summed E-state index contributed by atoms with van der Waals surface area (Å²) in [6.07, 6.45) is 1.05. The molecule has 3 rings (SSSR count). The van der Waals surface area contributed by atoms with Gasteiger partial charge in [-0.15, -0.1) is 11.8 Å². The molecule has 2 heteroatoms. The van der Waals surface area contributed by atoms with Crippen LogP contribution in [0.3, 0.4) is 0 Å². The minimum absolute atomic E-state index is 0.835. The molecule has 0 fully saturated rings. The summed E-state index contributed by atoms with van der Waals surface area (Å²) in [5.41, 5.74) is 2.72. The van der Waals surface area contributed by atoms with Crippen molar-refractivity contribution in [1.82, 2.24) is 0 Å². The molecule has 1 heterocycles. The second-order valence-corrected chi connectivity index (χ2v) is 5.19. The highest BCUT2D eigenvalue weighted by atomic mass is 32.2. The van der Waals surface area contributed by atoms with Gasteiger partial charge >= 0.3 is 0 Å². The molecule has 0 aromatic heterocycles. The molecular weight excluding hydrogens is 228 g/mol. The van der Waals surface area contributed by atoms with E-state index in [9.17, 15) is 0 Å². The fraction of sp³-hybridized carbons (Fsp3) is 0.200. The zero-order chi connectivity index (χ0) is 11.5. The Kier molecular flexibility index (Phi) is 3.06. The van der Waals surface area contributed by atoms with Crippen LogP contribution in [0.1, 0.15) is 11.1 Å². The molecule has 0 unspecified atom stereocenters. The first kappa shape index (κ1) is 10.7. The lowest BCUT2D eigenvalue weighted by atomic mass is 10.2. The van der Waals surface area contributed by atoms with E-state index in [-0.39, 0.29) is 0 Å². The average Bonchev–Trinajstić information content (AvgIpc) is 2.85. The van der Waals surface area contributed by atoms with Crippen LogP contribution in [0.4, 0.5) is 0 Å². The highest BCUT2D eigenvalue weighted by Crippen LogP contribution is 2.31. The third-order valence-corrected chi connectivity index (χ3v) is 3.97. The Bertz CT molecular complexity index is 508. The van der Waals surface area contributed by atoms with Crippen LogP contribution in [0.5, 0.6) is 5.75 Å². The van der Waals surface area contributed by atoms with E-state index < -0.39 is 0 Å². The van der Waals surface area contributed by atoms with E-state index in [1.165, 1.54) is 16.0 Å². The largest absolute Gasteiger partial charge is 0.493 e. The first-order valence-electron chi connectivity index (χ1n) is 5.84. The van der Waals surface area contributed by atoms with Crippen molar-refractivity contribution in [1.29, 1.82) is 0 Å². The predicted octanol–water partition coefficient (Wildman–Crippen LogP) is 3.91. The summed E-state index contributed by atoms with van der Waals surface area (Å²) in [4.78, 5) is 1.33. The maximum Gasteiger partial charge on any atom is 0.122 e. The van der Waals surface area contributed by atoms with Crippen molar-refractivity contribution < 1.29 is 4.74 Å².